The Morgan fingerprint density at radius 3 is 2.45 bits per heavy atom. The Morgan fingerprint density at radius 2 is 1.90 bits per heavy atom. The van der Waals surface area contributed by atoms with Gasteiger partial charge in [0, 0.05) is 24.2 Å². The van der Waals surface area contributed by atoms with Gasteiger partial charge >= 0.3 is 0 Å². The normalized spacial score (nSPS) is 11.6. The molecule has 0 saturated carbocycles. The Hall–Kier alpha value is -2.22. The highest BCUT2D eigenvalue weighted by molar-refractivity contribution is 7.92. The molecule has 0 unspecified atom stereocenters. The second-order valence-electron chi connectivity index (χ2n) is 4.44. The summed E-state index contributed by atoms with van der Waals surface area (Å²) < 4.78 is 24.3. The van der Waals surface area contributed by atoms with Crippen LogP contribution in [0.4, 0.5) is 11.4 Å². The van der Waals surface area contributed by atoms with E-state index in [1.54, 1.807) is 19.1 Å². The van der Waals surface area contributed by atoms with Crippen LogP contribution in [0.1, 0.15) is 5.69 Å². The van der Waals surface area contributed by atoms with Crippen molar-refractivity contribution in [2.24, 2.45) is 0 Å². The van der Waals surface area contributed by atoms with Gasteiger partial charge < -0.3 is 0 Å². The number of pyridine rings is 1. The fraction of sp³-hybridized carbons (Fsp3) is 0.250. The summed E-state index contributed by atoms with van der Waals surface area (Å²) in [5.74, 6) is 0. The molecule has 7 nitrogen and oxygen atoms in total. The molecule has 8 heteroatoms. The predicted octanol–water partition coefficient (Wildman–Crippen LogP) is 1.85. The summed E-state index contributed by atoms with van der Waals surface area (Å²) >= 11 is 0. The number of aryl methyl sites for hydroxylation is 1. The highest BCUT2D eigenvalue weighted by atomic mass is 32.2. The minimum absolute atomic E-state index is 0.0301. The number of aromatic nitrogens is 1. The van der Waals surface area contributed by atoms with E-state index in [1.807, 2.05) is 0 Å². The monoisotopic (exact) mass is 295 g/mol. The third-order valence-corrected chi connectivity index (χ3v) is 4.15. The van der Waals surface area contributed by atoms with Crippen molar-refractivity contribution < 1.29 is 13.3 Å². The summed E-state index contributed by atoms with van der Waals surface area (Å²) in [6.07, 6.45) is 0.997. The van der Waals surface area contributed by atoms with E-state index < -0.39 is 14.9 Å². The molecule has 0 radical (unpaired) electrons. The fourth-order valence-corrected chi connectivity index (χ4v) is 2.45. The van der Waals surface area contributed by atoms with Crippen molar-refractivity contribution in [3.05, 3.63) is 40.1 Å². The maximum absolute atomic E-state index is 11.7. The minimum atomic E-state index is -3.61. The number of hydrogen-bond acceptors (Lipinski definition) is 5. The molecule has 0 bridgehead atoms. The van der Waals surface area contributed by atoms with Crippen LogP contribution in [-0.2, 0) is 10.0 Å². The van der Waals surface area contributed by atoms with Crippen LogP contribution in [0.2, 0.25) is 0 Å². The summed E-state index contributed by atoms with van der Waals surface area (Å²) in [4.78, 5) is 14.8. The Labute approximate surface area is 116 Å². The van der Waals surface area contributed by atoms with Gasteiger partial charge in [0.1, 0.15) is 5.69 Å². The molecule has 0 saturated heterocycles. The smallest absolute Gasteiger partial charge is 0.266 e. The first-order chi connectivity index (χ1) is 9.21. The number of hydrogen-bond donors (Lipinski definition) is 0. The molecule has 1 aromatic carbocycles. The number of benzene rings is 1. The van der Waals surface area contributed by atoms with E-state index in [2.05, 4.69) is 4.98 Å². The zero-order valence-corrected chi connectivity index (χ0v) is 12.0. The second kappa shape index (κ2) is 4.71. The van der Waals surface area contributed by atoms with Crippen molar-refractivity contribution >= 4 is 32.3 Å². The highest BCUT2D eigenvalue weighted by Crippen LogP contribution is 2.36. The summed E-state index contributed by atoms with van der Waals surface area (Å²) in [6, 6.07) is 6.11. The lowest BCUT2D eigenvalue weighted by atomic mass is 10.1. The zero-order valence-electron chi connectivity index (χ0n) is 11.2. The molecule has 0 amide bonds. The molecule has 0 N–H and O–H groups in total. The van der Waals surface area contributed by atoms with Crippen molar-refractivity contribution in [2.75, 3.05) is 17.6 Å². The molecule has 0 spiro atoms. The van der Waals surface area contributed by atoms with E-state index in [1.165, 1.54) is 19.2 Å². The fourth-order valence-electron chi connectivity index (χ4n) is 1.92. The van der Waals surface area contributed by atoms with Gasteiger partial charge in [-0.3, -0.25) is 19.4 Å². The first-order valence-electron chi connectivity index (χ1n) is 5.70. The van der Waals surface area contributed by atoms with Gasteiger partial charge in [0.2, 0.25) is 10.0 Å². The van der Waals surface area contributed by atoms with Crippen molar-refractivity contribution in [3.8, 4) is 0 Å². The van der Waals surface area contributed by atoms with Gasteiger partial charge in [-0.05, 0) is 25.1 Å². The maximum atomic E-state index is 11.7. The van der Waals surface area contributed by atoms with Gasteiger partial charge in [-0.2, -0.15) is 0 Å². The number of nitro benzene ring substituents is 1. The van der Waals surface area contributed by atoms with Gasteiger partial charge in [-0.15, -0.1) is 0 Å². The Kier molecular flexibility index (Phi) is 3.34. The molecule has 20 heavy (non-hydrogen) atoms. The van der Waals surface area contributed by atoms with Crippen LogP contribution >= 0.6 is 0 Å². The quantitative estimate of drug-likeness (QED) is 0.636. The summed E-state index contributed by atoms with van der Waals surface area (Å²) in [6.45, 7) is 1.79. The van der Waals surface area contributed by atoms with E-state index in [9.17, 15) is 18.5 Å². The Morgan fingerprint density at radius 1 is 1.25 bits per heavy atom. The molecular weight excluding hydrogens is 282 g/mol. The number of sulfonamides is 1. The lowest BCUT2D eigenvalue weighted by Gasteiger charge is -2.18. The average Bonchev–Trinajstić information content (AvgIpc) is 2.34. The third kappa shape index (κ3) is 2.42. The Bertz CT molecular complexity index is 802. The van der Waals surface area contributed by atoms with Gasteiger partial charge in [0.15, 0.2) is 0 Å². The largest absolute Gasteiger partial charge is 0.294 e. The molecular formula is C12H13N3O4S. The molecule has 2 rings (SSSR count). The molecule has 2 aromatic rings. The topological polar surface area (TPSA) is 93.4 Å². The molecule has 0 atom stereocenters. The van der Waals surface area contributed by atoms with Gasteiger partial charge in [0.25, 0.3) is 5.69 Å². The van der Waals surface area contributed by atoms with E-state index in [0.717, 1.165) is 16.3 Å². The molecule has 1 aromatic heterocycles. The van der Waals surface area contributed by atoms with Crippen LogP contribution in [0.25, 0.3) is 10.9 Å². The minimum Gasteiger partial charge on any atom is -0.266 e. The second-order valence-corrected chi connectivity index (χ2v) is 6.45. The first kappa shape index (κ1) is 14.2. The first-order valence-corrected chi connectivity index (χ1v) is 7.55. The highest BCUT2D eigenvalue weighted by Gasteiger charge is 2.25. The average molecular weight is 295 g/mol. The van der Waals surface area contributed by atoms with Crippen LogP contribution in [-0.4, -0.2) is 31.6 Å². The van der Waals surface area contributed by atoms with E-state index in [4.69, 9.17) is 0 Å². The van der Waals surface area contributed by atoms with Crippen molar-refractivity contribution in [1.29, 1.82) is 0 Å². The molecule has 0 fully saturated rings. The van der Waals surface area contributed by atoms with Gasteiger partial charge in [-0.25, -0.2) is 8.42 Å². The van der Waals surface area contributed by atoms with Crippen molar-refractivity contribution in [2.45, 2.75) is 6.92 Å². The number of fused-ring (bicyclic) bond motifs is 1. The lowest BCUT2D eigenvalue weighted by molar-refractivity contribution is -0.383. The predicted molar refractivity (Wildman–Crippen MR) is 76.4 cm³/mol. The van der Waals surface area contributed by atoms with Crippen LogP contribution in [0.15, 0.2) is 24.3 Å². The third-order valence-electron chi connectivity index (χ3n) is 2.97. The summed E-state index contributed by atoms with van der Waals surface area (Å²) in [5.41, 5.74) is 1.03. The summed E-state index contributed by atoms with van der Waals surface area (Å²) in [5, 5.41) is 11.6. The van der Waals surface area contributed by atoms with Crippen LogP contribution in [0.3, 0.4) is 0 Å². The van der Waals surface area contributed by atoms with Crippen LogP contribution in [0.5, 0.6) is 0 Å². The molecule has 0 aliphatic carbocycles. The van der Waals surface area contributed by atoms with Crippen LogP contribution < -0.4 is 4.31 Å². The molecule has 106 valence electrons. The number of nitrogens with zero attached hydrogens (tertiary/aromatic N) is 3. The van der Waals surface area contributed by atoms with Crippen molar-refractivity contribution in [1.82, 2.24) is 4.98 Å². The zero-order chi connectivity index (χ0) is 15.1. The molecule has 0 aliphatic rings. The standard InChI is InChI=1S/C12H13N3O4S/c1-8-4-5-9-10(13-8)6-7-11(15(16)17)12(9)14(2)20(3,18)19/h4-7H,1-3H3. The molecule has 1 heterocycles. The van der Waals surface area contributed by atoms with Gasteiger partial charge in [-0.1, -0.05) is 0 Å². The molecule has 0 aliphatic heterocycles. The lowest BCUT2D eigenvalue weighted by Crippen LogP contribution is -2.26. The van der Waals surface area contributed by atoms with E-state index in [-0.39, 0.29) is 11.4 Å². The Balaban J connectivity index is 2.89. The van der Waals surface area contributed by atoms with Gasteiger partial charge in [0.05, 0.1) is 16.7 Å². The van der Waals surface area contributed by atoms with Crippen molar-refractivity contribution in [3.63, 3.8) is 0 Å². The maximum Gasteiger partial charge on any atom is 0.294 e. The number of nitro groups is 1. The number of rotatable bonds is 3. The van der Waals surface area contributed by atoms with Crippen LogP contribution in [0, 0.1) is 17.0 Å². The SMILES string of the molecule is Cc1ccc2c(N(C)S(C)(=O)=O)c([N+](=O)[O-])ccc2n1. The van der Waals surface area contributed by atoms with E-state index >= 15 is 0 Å². The number of anilines is 1. The summed E-state index contributed by atoms with van der Waals surface area (Å²) in [7, 11) is -2.32. The van der Waals surface area contributed by atoms with E-state index in [0.29, 0.717) is 10.9 Å².